The highest BCUT2D eigenvalue weighted by Gasteiger charge is 2.39. The molecule has 0 saturated carbocycles. The van der Waals surface area contributed by atoms with Crippen LogP contribution in [0, 0.1) is 0 Å². The number of nitrogens with one attached hydrogen (secondary N) is 1. The average molecular weight is 445 g/mol. The normalized spacial score (nSPS) is 17.4. The Morgan fingerprint density at radius 1 is 1.10 bits per heavy atom. The number of hydrogen-bond donors (Lipinski definition) is 1. The van der Waals surface area contributed by atoms with Crippen LogP contribution in [0.1, 0.15) is 57.2 Å². The van der Waals surface area contributed by atoms with Crippen LogP contribution in [0.4, 0.5) is 5.69 Å². The Morgan fingerprint density at radius 3 is 2.39 bits per heavy atom. The van der Waals surface area contributed by atoms with E-state index < -0.39 is 10.0 Å². The Balaban J connectivity index is 1.87. The summed E-state index contributed by atoms with van der Waals surface area (Å²) in [4.78, 5) is 13.1. The molecular formula is C24H32N2O4S. The van der Waals surface area contributed by atoms with Gasteiger partial charge in [-0.05, 0) is 37.0 Å². The number of rotatable bonds is 8. The van der Waals surface area contributed by atoms with Gasteiger partial charge in [-0.3, -0.25) is 9.10 Å². The van der Waals surface area contributed by atoms with Gasteiger partial charge in [0.25, 0.3) is 0 Å². The van der Waals surface area contributed by atoms with Crippen LogP contribution in [0.5, 0.6) is 5.75 Å². The van der Waals surface area contributed by atoms with Gasteiger partial charge >= 0.3 is 0 Å². The van der Waals surface area contributed by atoms with Gasteiger partial charge in [-0.15, -0.1) is 0 Å². The minimum absolute atomic E-state index is 0.236. The summed E-state index contributed by atoms with van der Waals surface area (Å²) in [6, 6.07) is 14.8. The number of ether oxygens (including phenoxy) is 1. The van der Waals surface area contributed by atoms with Crippen LogP contribution < -0.4 is 14.4 Å². The minimum atomic E-state index is -3.63. The predicted octanol–water partition coefficient (Wildman–Crippen LogP) is 4.21. The summed E-state index contributed by atoms with van der Waals surface area (Å²) in [5, 5.41) is 3.08. The van der Waals surface area contributed by atoms with Crippen molar-refractivity contribution in [2.45, 2.75) is 58.1 Å². The zero-order valence-electron chi connectivity index (χ0n) is 18.7. The Kier molecular flexibility index (Phi) is 6.94. The zero-order valence-corrected chi connectivity index (χ0v) is 19.5. The Labute approximate surface area is 185 Å². The van der Waals surface area contributed by atoms with Crippen molar-refractivity contribution < 1.29 is 17.9 Å². The van der Waals surface area contributed by atoms with Crippen molar-refractivity contribution >= 4 is 21.6 Å². The van der Waals surface area contributed by atoms with Crippen LogP contribution >= 0.6 is 0 Å². The number of fused-ring (bicyclic) bond motifs is 1. The lowest BCUT2D eigenvalue weighted by molar-refractivity contribution is -0.121. The van der Waals surface area contributed by atoms with E-state index in [-0.39, 0.29) is 24.1 Å². The first-order valence-electron chi connectivity index (χ1n) is 10.9. The van der Waals surface area contributed by atoms with Crippen molar-refractivity contribution in [2.24, 2.45) is 0 Å². The van der Waals surface area contributed by atoms with Crippen LogP contribution in [0.3, 0.4) is 0 Å². The Hall–Kier alpha value is -2.54. The van der Waals surface area contributed by atoms with Gasteiger partial charge in [-0.1, -0.05) is 57.2 Å². The fourth-order valence-corrected chi connectivity index (χ4v) is 5.12. The predicted molar refractivity (Wildman–Crippen MR) is 124 cm³/mol. The lowest BCUT2D eigenvalue weighted by Gasteiger charge is -2.41. The fraction of sp³-hybridized carbons (Fsp3) is 0.458. The standard InChI is InChI=1S/C24H32N2O4S/c1-5-18-12-8-10-14-21(18)26(31(4,28)29)17-23(27)25-20-16-24(6-2,7-3)30-22-15-11-9-13-19(20)22/h8-15,20H,5-7,16-17H2,1-4H3,(H,25,27)/t20-/m0/s1. The van der Waals surface area contributed by atoms with E-state index in [0.29, 0.717) is 18.5 Å². The van der Waals surface area contributed by atoms with E-state index in [1.54, 1.807) is 12.1 Å². The maximum absolute atomic E-state index is 13.1. The van der Waals surface area contributed by atoms with E-state index >= 15 is 0 Å². The Bertz CT molecular complexity index is 1030. The van der Waals surface area contributed by atoms with Crippen LogP contribution in [0.25, 0.3) is 0 Å². The first kappa shape index (κ1) is 23.1. The van der Waals surface area contributed by atoms with Crippen molar-refractivity contribution in [3.8, 4) is 5.75 Å². The van der Waals surface area contributed by atoms with Gasteiger partial charge in [0, 0.05) is 12.0 Å². The largest absolute Gasteiger partial charge is 0.487 e. The zero-order chi connectivity index (χ0) is 22.6. The number of carbonyl (C=O) groups excluding carboxylic acids is 1. The fourth-order valence-electron chi connectivity index (χ4n) is 4.23. The highest BCUT2D eigenvalue weighted by Crippen LogP contribution is 2.42. The Morgan fingerprint density at radius 2 is 1.74 bits per heavy atom. The molecule has 1 aliphatic rings. The molecule has 7 heteroatoms. The summed E-state index contributed by atoms with van der Waals surface area (Å²) in [5.74, 6) is 0.443. The molecule has 2 aromatic rings. The third-order valence-corrected chi connectivity index (χ3v) is 7.28. The topological polar surface area (TPSA) is 75.7 Å². The van der Waals surface area contributed by atoms with E-state index in [2.05, 4.69) is 19.2 Å². The molecule has 1 N–H and O–H groups in total. The van der Waals surface area contributed by atoms with Crippen molar-refractivity contribution in [3.05, 3.63) is 59.7 Å². The van der Waals surface area contributed by atoms with Crippen molar-refractivity contribution in [3.63, 3.8) is 0 Å². The highest BCUT2D eigenvalue weighted by molar-refractivity contribution is 7.92. The molecule has 1 amide bonds. The van der Waals surface area contributed by atoms with Gasteiger partial charge in [-0.2, -0.15) is 0 Å². The van der Waals surface area contributed by atoms with Gasteiger partial charge in [0.1, 0.15) is 17.9 Å². The number of nitrogens with zero attached hydrogens (tertiary/aromatic N) is 1. The summed E-state index contributed by atoms with van der Waals surface area (Å²) < 4.78 is 32.6. The van der Waals surface area contributed by atoms with Crippen molar-refractivity contribution in [2.75, 3.05) is 17.1 Å². The number of hydrogen-bond acceptors (Lipinski definition) is 4. The molecule has 1 aliphatic heterocycles. The van der Waals surface area contributed by atoms with Crippen LogP contribution in [0.15, 0.2) is 48.5 Å². The molecule has 1 atom stereocenters. The van der Waals surface area contributed by atoms with Crippen molar-refractivity contribution in [1.29, 1.82) is 0 Å². The summed E-state index contributed by atoms with van der Waals surface area (Å²) >= 11 is 0. The van der Waals surface area contributed by atoms with Gasteiger partial charge in [-0.25, -0.2) is 8.42 Å². The molecule has 0 bridgehead atoms. The molecule has 2 aromatic carbocycles. The van der Waals surface area contributed by atoms with E-state index in [4.69, 9.17) is 4.74 Å². The molecule has 1 heterocycles. The van der Waals surface area contributed by atoms with Crippen LogP contribution in [-0.4, -0.2) is 32.7 Å². The SMILES string of the molecule is CCc1ccccc1N(CC(=O)N[C@H]1CC(CC)(CC)Oc2ccccc21)S(C)(=O)=O. The molecule has 0 aromatic heterocycles. The van der Waals surface area contributed by atoms with Gasteiger partial charge < -0.3 is 10.1 Å². The third kappa shape index (κ3) is 5.03. The third-order valence-electron chi connectivity index (χ3n) is 6.15. The average Bonchev–Trinajstić information content (AvgIpc) is 2.76. The molecule has 0 radical (unpaired) electrons. The van der Waals surface area contributed by atoms with E-state index in [9.17, 15) is 13.2 Å². The summed E-state index contributed by atoms with van der Waals surface area (Å²) in [7, 11) is -3.63. The molecule has 3 rings (SSSR count). The van der Waals surface area contributed by atoms with Crippen molar-refractivity contribution in [1.82, 2.24) is 5.32 Å². The maximum atomic E-state index is 13.1. The summed E-state index contributed by atoms with van der Waals surface area (Å²) in [5.41, 5.74) is 2.00. The van der Waals surface area contributed by atoms with E-state index in [1.807, 2.05) is 43.3 Å². The second-order valence-corrected chi connectivity index (χ2v) is 10.0. The van der Waals surface area contributed by atoms with Crippen LogP contribution in [0.2, 0.25) is 0 Å². The maximum Gasteiger partial charge on any atom is 0.241 e. The van der Waals surface area contributed by atoms with E-state index in [0.717, 1.165) is 36.0 Å². The van der Waals surface area contributed by atoms with Gasteiger partial charge in [0.15, 0.2) is 0 Å². The quantitative estimate of drug-likeness (QED) is 0.662. The molecule has 0 spiro atoms. The summed E-state index contributed by atoms with van der Waals surface area (Å²) in [6.45, 7) is 5.88. The molecule has 0 saturated heterocycles. The number of aryl methyl sites for hydroxylation is 1. The van der Waals surface area contributed by atoms with E-state index in [1.165, 1.54) is 4.31 Å². The molecule has 6 nitrogen and oxygen atoms in total. The number of sulfonamides is 1. The second kappa shape index (κ2) is 9.30. The van der Waals surface area contributed by atoms with Gasteiger partial charge in [0.05, 0.1) is 18.0 Å². The highest BCUT2D eigenvalue weighted by atomic mass is 32.2. The number of carbonyl (C=O) groups is 1. The summed E-state index contributed by atoms with van der Waals surface area (Å²) in [6.07, 6.45) is 4.10. The number of amides is 1. The smallest absolute Gasteiger partial charge is 0.241 e. The van der Waals surface area contributed by atoms with Gasteiger partial charge in [0.2, 0.25) is 15.9 Å². The monoisotopic (exact) mass is 444 g/mol. The van der Waals surface area contributed by atoms with Crippen LogP contribution in [-0.2, 0) is 21.2 Å². The number of benzene rings is 2. The lowest BCUT2D eigenvalue weighted by atomic mass is 9.83. The molecular weight excluding hydrogens is 412 g/mol. The molecule has 0 fully saturated rings. The molecule has 0 unspecified atom stereocenters. The molecule has 31 heavy (non-hydrogen) atoms. The lowest BCUT2D eigenvalue weighted by Crippen LogP contribution is -2.47. The number of para-hydroxylation sites is 2. The molecule has 168 valence electrons. The minimum Gasteiger partial charge on any atom is -0.487 e. The molecule has 0 aliphatic carbocycles. The first-order valence-corrected chi connectivity index (χ1v) is 12.7. The number of anilines is 1. The first-order chi connectivity index (χ1) is 14.7. The second-order valence-electron chi connectivity index (χ2n) is 8.11.